The van der Waals surface area contributed by atoms with Crippen LogP contribution in [0.25, 0.3) is 0 Å². The van der Waals surface area contributed by atoms with E-state index in [0.29, 0.717) is 5.41 Å². The van der Waals surface area contributed by atoms with Gasteiger partial charge in [-0.1, -0.05) is 0 Å². The van der Waals surface area contributed by atoms with Crippen LogP contribution in [0.2, 0.25) is 0 Å². The van der Waals surface area contributed by atoms with E-state index in [2.05, 4.69) is 17.5 Å². The second-order valence-corrected chi connectivity index (χ2v) is 4.83. The highest BCUT2D eigenvalue weighted by Gasteiger charge is 2.86. The van der Waals surface area contributed by atoms with E-state index >= 15 is 0 Å². The first-order valence-electron chi connectivity index (χ1n) is 4.78. The smallest absolute Gasteiger partial charge is 0.0330 e. The molecule has 12 heavy (non-hydrogen) atoms. The number of fused-ring (bicyclic) bond motifs is 4. The summed E-state index contributed by atoms with van der Waals surface area (Å²) in [6.45, 7) is 0. The van der Waals surface area contributed by atoms with Gasteiger partial charge in [0.15, 0.2) is 0 Å². The molecule has 2 spiro atoms. The lowest BCUT2D eigenvalue weighted by Crippen LogP contribution is -2.04. The standard InChI is InChI=1S/C10H12N2/c1-12-5-8-7(4-11-12)10(8)6-9(10)2-3-9/h4-5,7H,2-3,6H2,1H3/t7?,10-/m1/s1. The van der Waals surface area contributed by atoms with Crippen molar-refractivity contribution in [3.63, 3.8) is 0 Å². The number of nitrogens with zero attached hydrogens (tertiary/aromatic N) is 2. The van der Waals surface area contributed by atoms with Gasteiger partial charge < -0.3 is 0 Å². The lowest BCUT2D eigenvalue weighted by molar-refractivity contribution is 0.484. The minimum Gasteiger partial charge on any atom is -0.276 e. The van der Waals surface area contributed by atoms with Gasteiger partial charge in [0.05, 0.1) is 0 Å². The Bertz CT molecular complexity index is 338. The number of allylic oxidation sites excluding steroid dienone is 1. The molecule has 2 nitrogen and oxygen atoms in total. The van der Waals surface area contributed by atoms with Gasteiger partial charge in [-0.05, 0) is 30.3 Å². The fraction of sp³-hybridized carbons (Fsp3) is 0.700. The van der Waals surface area contributed by atoms with Crippen molar-refractivity contribution in [2.75, 3.05) is 7.05 Å². The average molecular weight is 160 g/mol. The monoisotopic (exact) mass is 160 g/mol. The van der Waals surface area contributed by atoms with Crippen molar-refractivity contribution in [2.24, 2.45) is 21.8 Å². The largest absolute Gasteiger partial charge is 0.276 e. The predicted molar refractivity (Wildman–Crippen MR) is 46.5 cm³/mol. The van der Waals surface area contributed by atoms with E-state index in [-0.39, 0.29) is 0 Å². The van der Waals surface area contributed by atoms with E-state index in [0.717, 1.165) is 11.3 Å². The van der Waals surface area contributed by atoms with Gasteiger partial charge in [0.1, 0.15) is 0 Å². The minimum atomic E-state index is 0.654. The maximum absolute atomic E-state index is 4.31. The molecular formula is C10H12N2. The second kappa shape index (κ2) is 1.26. The highest BCUT2D eigenvalue weighted by atomic mass is 15.4. The maximum Gasteiger partial charge on any atom is 0.0330 e. The van der Waals surface area contributed by atoms with E-state index in [4.69, 9.17) is 0 Å². The van der Waals surface area contributed by atoms with Crippen molar-refractivity contribution in [2.45, 2.75) is 19.3 Å². The van der Waals surface area contributed by atoms with Gasteiger partial charge in [-0.2, -0.15) is 5.10 Å². The molecule has 0 amide bonds. The molecule has 0 aromatic heterocycles. The molecule has 62 valence electrons. The third-order valence-corrected chi connectivity index (χ3v) is 4.31. The Morgan fingerprint density at radius 2 is 2.42 bits per heavy atom. The molecule has 4 rings (SSSR count). The van der Waals surface area contributed by atoms with Crippen molar-refractivity contribution in [1.82, 2.24) is 5.01 Å². The van der Waals surface area contributed by atoms with Crippen molar-refractivity contribution >= 4 is 6.21 Å². The van der Waals surface area contributed by atoms with Crippen LogP contribution < -0.4 is 0 Å². The zero-order valence-electron chi connectivity index (χ0n) is 7.25. The molecule has 1 unspecified atom stereocenters. The number of hydrogen-bond acceptors (Lipinski definition) is 2. The molecule has 3 saturated carbocycles. The van der Waals surface area contributed by atoms with E-state index in [1.165, 1.54) is 19.3 Å². The summed E-state index contributed by atoms with van der Waals surface area (Å²) in [4.78, 5) is 0. The quantitative estimate of drug-likeness (QED) is 0.525. The molecule has 3 aliphatic carbocycles. The van der Waals surface area contributed by atoms with Crippen LogP contribution >= 0.6 is 0 Å². The Morgan fingerprint density at radius 3 is 3.00 bits per heavy atom. The molecule has 0 saturated heterocycles. The second-order valence-electron chi connectivity index (χ2n) is 4.83. The molecule has 2 heteroatoms. The summed E-state index contributed by atoms with van der Waals surface area (Å²) in [5.74, 6) is 0.746. The van der Waals surface area contributed by atoms with Crippen LogP contribution in [-0.2, 0) is 0 Å². The molecule has 3 fully saturated rings. The van der Waals surface area contributed by atoms with Gasteiger partial charge in [-0.15, -0.1) is 0 Å². The zero-order chi connectivity index (χ0) is 7.97. The van der Waals surface area contributed by atoms with Crippen LogP contribution in [0.5, 0.6) is 0 Å². The van der Waals surface area contributed by atoms with E-state index in [1.54, 1.807) is 5.57 Å². The van der Waals surface area contributed by atoms with Crippen molar-refractivity contribution in [3.05, 3.63) is 11.8 Å². The Morgan fingerprint density at radius 1 is 1.58 bits per heavy atom. The average Bonchev–Trinajstić information content (AvgIpc) is 2.94. The van der Waals surface area contributed by atoms with Crippen molar-refractivity contribution in [1.29, 1.82) is 0 Å². The molecule has 0 aromatic carbocycles. The van der Waals surface area contributed by atoms with E-state index < -0.39 is 0 Å². The van der Waals surface area contributed by atoms with Crippen LogP contribution in [0.15, 0.2) is 16.9 Å². The first-order chi connectivity index (χ1) is 5.79. The summed E-state index contributed by atoms with van der Waals surface area (Å²) < 4.78 is 0. The lowest BCUT2D eigenvalue weighted by Gasteiger charge is -2.06. The van der Waals surface area contributed by atoms with Gasteiger partial charge in [0.2, 0.25) is 0 Å². The number of hydrogen-bond donors (Lipinski definition) is 0. The zero-order valence-corrected chi connectivity index (χ0v) is 7.25. The summed E-state index contributed by atoms with van der Waals surface area (Å²) >= 11 is 0. The maximum atomic E-state index is 4.31. The molecule has 1 heterocycles. The van der Waals surface area contributed by atoms with Gasteiger partial charge >= 0.3 is 0 Å². The minimum absolute atomic E-state index is 0.654. The molecule has 4 aliphatic rings. The third kappa shape index (κ3) is 0.384. The van der Waals surface area contributed by atoms with E-state index in [9.17, 15) is 0 Å². The molecule has 1 aliphatic heterocycles. The Balaban J connectivity index is 1.80. The summed E-state index contributed by atoms with van der Waals surface area (Å²) in [5, 5.41) is 6.27. The Hall–Kier alpha value is -0.790. The van der Waals surface area contributed by atoms with Crippen LogP contribution in [-0.4, -0.2) is 18.3 Å². The first kappa shape index (κ1) is 5.79. The van der Waals surface area contributed by atoms with Crippen molar-refractivity contribution < 1.29 is 0 Å². The normalized spacial score (nSPS) is 49.2. The number of hydrazone groups is 1. The molecular weight excluding hydrogens is 148 g/mol. The van der Waals surface area contributed by atoms with Gasteiger partial charge in [0.25, 0.3) is 0 Å². The number of rotatable bonds is 0. The summed E-state index contributed by atoms with van der Waals surface area (Å²) in [6.07, 6.45) is 8.84. The van der Waals surface area contributed by atoms with Gasteiger partial charge in [0, 0.05) is 30.8 Å². The first-order valence-corrected chi connectivity index (χ1v) is 4.78. The molecule has 2 atom stereocenters. The molecule has 0 bridgehead atoms. The van der Waals surface area contributed by atoms with Gasteiger partial charge in [-0.3, -0.25) is 5.01 Å². The fourth-order valence-electron chi connectivity index (χ4n) is 3.35. The van der Waals surface area contributed by atoms with E-state index in [1.807, 2.05) is 12.1 Å². The molecule has 0 aromatic rings. The molecule has 0 radical (unpaired) electrons. The topological polar surface area (TPSA) is 15.6 Å². The lowest BCUT2D eigenvalue weighted by atomic mass is 10.2. The highest BCUT2D eigenvalue weighted by molar-refractivity contribution is 5.81. The molecule has 0 N–H and O–H groups in total. The van der Waals surface area contributed by atoms with Crippen LogP contribution in [0.1, 0.15) is 19.3 Å². The van der Waals surface area contributed by atoms with Crippen LogP contribution in [0.4, 0.5) is 0 Å². The predicted octanol–water partition coefficient (Wildman–Crippen LogP) is 1.60. The Kier molecular flexibility index (Phi) is 0.608. The highest BCUT2D eigenvalue weighted by Crippen LogP contribution is 2.93. The SMILES string of the molecule is CN1C=C2C(C=N1)[C@]21CC12CC2. The van der Waals surface area contributed by atoms with Crippen LogP contribution in [0.3, 0.4) is 0 Å². The Labute approximate surface area is 71.9 Å². The van der Waals surface area contributed by atoms with Crippen molar-refractivity contribution in [3.8, 4) is 0 Å². The third-order valence-electron chi connectivity index (χ3n) is 4.31. The summed E-state index contributed by atoms with van der Waals surface area (Å²) in [6, 6.07) is 0. The van der Waals surface area contributed by atoms with Gasteiger partial charge in [-0.25, -0.2) is 0 Å². The summed E-state index contributed by atoms with van der Waals surface area (Å²) in [5.41, 5.74) is 3.12. The summed E-state index contributed by atoms with van der Waals surface area (Å²) in [7, 11) is 2.02. The van der Waals surface area contributed by atoms with Crippen LogP contribution in [0, 0.1) is 16.7 Å². The fourth-order valence-corrected chi connectivity index (χ4v) is 3.35.